The fourth-order valence-electron chi connectivity index (χ4n) is 3.59. The third-order valence-electron chi connectivity index (χ3n) is 5.36. The molecule has 0 saturated carbocycles. The average molecular weight is 378 g/mol. The summed E-state index contributed by atoms with van der Waals surface area (Å²) in [6.45, 7) is 7.58. The van der Waals surface area contributed by atoms with E-state index < -0.39 is 17.4 Å². The summed E-state index contributed by atoms with van der Waals surface area (Å²) < 4.78 is 0. The van der Waals surface area contributed by atoms with Gasteiger partial charge in [-0.1, -0.05) is 30.3 Å². The second kappa shape index (κ2) is 8.51. The molecular formula is C22H26N4O2. The van der Waals surface area contributed by atoms with Gasteiger partial charge in [0, 0.05) is 45.1 Å². The Morgan fingerprint density at radius 2 is 1.89 bits per heavy atom. The van der Waals surface area contributed by atoms with Gasteiger partial charge in [0.1, 0.15) is 6.04 Å². The van der Waals surface area contributed by atoms with Crippen LogP contribution >= 0.6 is 0 Å². The normalized spacial score (nSPS) is 17.0. The van der Waals surface area contributed by atoms with Gasteiger partial charge in [0.15, 0.2) is 0 Å². The summed E-state index contributed by atoms with van der Waals surface area (Å²) in [5.74, 6) is -0.840. The molecule has 0 spiro atoms. The van der Waals surface area contributed by atoms with Crippen molar-refractivity contribution in [2.45, 2.75) is 31.8 Å². The number of carboxylic acids is 1. The molecule has 0 radical (unpaired) electrons. The number of aromatic nitrogens is 1. The molecule has 2 heterocycles. The quantitative estimate of drug-likeness (QED) is 0.833. The maximum atomic E-state index is 12.0. The Balaban J connectivity index is 1.67. The van der Waals surface area contributed by atoms with E-state index in [4.69, 9.17) is 0 Å². The first-order chi connectivity index (χ1) is 13.4. The van der Waals surface area contributed by atoms with Crippen molar-refractivity contribution in [3.63, 3.8) is 0 Å². The van der Waals surface area contributed by atoms with Crippen LogP contribution in [0.5, 0.6) is 0 Å². The lowest BCUT2D eigenvalue weighted by Crippen LogP contribution is -2.48. The van der Waals surface area contributed by atoms with Crippen LogP contribution in [0.15, 0.2) is 48.8 Å². The predicted octanol–water partition coefficient (Wildman–Crippen LogP) is 2.83. The highest BCUT2D eigenvalue weighted by Gasteiger charge is 2.31. The molecule has 0 bridgehead atoms. The van der Waals surface area contributed by atoms with Crippen molar-refractivity contribution < 1.29 is 9.90 Å². The Bertz CT molecular complexity index is 835. The van der Waals surface area contributed by atoms with E-state index >= 15 is 0 Å². The number of benzene rings is 1. The predicted molar refractivity (Wildman–Crippen MR) is 107 cm³/mol. The molecule has 1 aromatic heterocycles. The maximum absolute atomic E-state index is 12.0. The first kappa shape index (κ1) is 20.0. The number of carbonyl (C=O) groups is 1. The van der Waals surface area contributed by atoms with Gasteiger partial charge in [0.05, 0.1) is 11.5 Å². The minimum Gasteiger partial charge on any atom is -0.480 e. The van der Waals surface area contributed by atoms with Gasteiger partial charge >= 0.3 is 5.97 Å². The van der Waals surface area contributed by atoms with Crippen LogP contribution in [0.2, 0.25) is 0 Å². The van der Waals surface area contributed by atoms with Gasteiger partial charge in [-0.25, -0.2) is 0 Å². The van der Waals surface area contributed by atoms with Gasteiger partial charge in [-0.2, -0.15) is 5.26 Å². The number of hydrogen-bond donors (Lipinski definition) is 1. The summed E-state index contributed by atoms with van der Waals surface area (Å²) in [5, 5.41) is 19.1. The molecule has 1 aromatic carbocycles. The molecule has 6 nitrogen and oxygen atoms in total. The Morgan fingerprint density at radius 1 is 1.21 bits per heavy atom. The highest BCUT2D eigenvalue weighted by molar-refractivity contribution is 5.75. The first-order valence-electron chi connectivity index (χ1n) is 9.50. The lowest BCUT2D eigenvalue weighted by atomic mass is 9.85. The van der Waals surface area contributed by atoms with Gasteiger partial charge in [-0.3, -0.25) is 19.6 Å². The van der Waals surface area contributed by atoms with Crippen molar-refractivity contribution in [1.29, 1.82) is 5.26 Å². The average Bonchev–Trinajstić information content (AvgIpc) is 2.70. The second-order valence-corrected chi connectivity index (χ2v) is 7.77. The monoisotopic (exact) mass is 378 g/mol. The van der Waals surface area contributed by atoms with Crippen LogP contribution < -0.4 is 0 Å². The Hall–Kier alpha value is -2.75. The van der Waals surface area contributed by atoms with Crippen molar-refractivity contribution in [3.8, 4) is 6.07 Å². The van der Waals surface area contributed by atoms with Gasteiger partial charge in [0.2, 0.25) is 0 Å². The van der Waals surface area contributed by atoms with E-state index in [2.05, 4.69) is 22.0 Å². The lowest BCUT2D eigenvalue weighted by molar-refractivity contribution is -0.144. The van der Waals surface area contributed by atoms with Crippen LogP contribution in [-0.4, -0.2) is 52.0 Å². The van der Waals surface area contributed by atoms with E-state index in [0.717, 1.165) is 30.8 Å². The van der Waals surface area contributed by atoms with Crippen molar-refractivity contribution in [2.24, 2.45) is 0 Å². The number of piperazine rings is 1. The summed E-state index contributed by atoms with van der Waals surface area (Å²) in [6, 6.07) is 13.0. The highest BCUT2D eigenvalue weighted by Crippen LogP contribution is 2.27. The standard InChI is InChI=1S/C22H26N4O2/c1-22(2,16-23)19-7-5-18(6-8-19)20(21(27)28)26-12-10-25(11-13-26)15-17-4-3-9-24-14-17/h3-9,14,20H,10-13,15H2,1-2H3,(H,27,28)/t20-/m1/s1. The molecular weight excluding hydrogens is 352 g/mol. The molecule has 1 fully saturated rings. The zero-order valence-corrected chi connectivity index (χ0v) is 16.4. The molecule has 2 aromatic rings. The molecule has 0 amide bonds. The van der Waals surface area contributed by atoms with Crippen LogP contribution in [0.25, 0.3) is 0 Å². The van der Waals surface area contributed by atoms with Crippen LogP contribution in [-0.2, 0) is 16.8 Å². The fraction of sp³-hybridized carbons (Fsp3) is 0.409. The smallest absolute Gasteiger partial charge is 0.325 e. The molecule has 0 aliphatic carbocycles. The third kappa shape index (κ3) is 4.56. The number of pyridine rings is 1. The van der Waals surface area contributed by atoms with E-state index in [1.807, 2.05) is 55.3 Å². The van der Waals surface area contributed by atoms with E-state index in [-0.39, 0.29) is 0 Å². The molecule has 146 valence electrons. The Labute approximate surface area is 166 Å². The van der Waals surface area contributed by atoms with Gasteiger partial charge in [-0.05, 0) is 36.6 Å². The van der Waals surface area contributed by atoms with Crippen LogP contribution in [0, 0.1) is 11.3 Å². The van der Waals surface area contributed by atoms with E-state index in [1.54, 1.807) is 6.20 Å². The molecule has 1 N–H and O–H groups in total. The molecule has 1 saturated heterocycles. The van der Waals surface area contributed by atoms with Crippen LogP contribution in [0.4, 0.5) is 0 Å². The molecule has 28 heavy (non-hydrogen) atoms. The number of aliphatic carboxylic acids is 1. The van der Waals surface area contributed by atoms with Gasteiger partial charge in [0.25, 0.3) is 0 Å². The summed E-state index contributed by atoms with van der Waals surface area (Å²) in [6.07, 6.45) is 3.64. The van der Waals surface area contributed by atoms with E-state index in [1.165, 1.54) is 5.56 Å². The van der Waals surface area contributed by atoms with Crippen LogP contribution in [0.3, 0.4) is 0 Å². The summed E-state index contributed by atoms with van der Waals surface area (Å²) in [5.41, 5.74) is 2.23. The first-order valence-corrected chi connectivity index (χ1v) is 9.50. The van der Waals surface area contributed by atoms with Crippen LogP contribution in [0.1, 0.15) is 36.6 Å². The van der Waals surface area contributed by atoms with Gasteiger partial charge in [-0.15, -0.1) is 0 Å². The van der Waals surface area contributed by atoms with Crippen molar-refractivity contribution in [3.05, 3.63) is 65.5 Å². The zero-order chi connectivity index (χ0) is 20.1. The Kier molecular flexibility index (Phi) is 6.08. The largest absolute Gasteiger partial charge is 0.480 e. The SMILES string of the molecule is CC(C)(C#N)c1ccc([C@H](C(=O)O)N2CCN(Cc3cccnc3)CC2)cc1. The van der Waals surface area contributed by atoms with Crippen molar-refractivity contribution in [1.82, 2.24) is 14.8 Å². The Morgan fingerprint density at radius 3 is 2.43 bits per heavy atom. The number of nitriles is 1. The maximum Gasteiger partial charge on any atom is 0.325 e. The second-order valence-electron chi connectivity index (χ2n) is 7.77. The van der Waals surface area contributed by atoms with Crippen molar-refractivity contribution in [2.75, 3.05) is 26.2 Å². The number of rotatable bonds is 6. The molecule has 6 heteroatoms. The third-order valence-corrected chi connectivity index (χ3v) is 5.36. The molecule has 0 unspecified atom stereocenters. The van der Waals surface area contributed by atoms with E-state index in [9.17, 15) is 15.2 Å². The summed E-state index contributed by atoms with van der Waals surface area (Å²) in [7, 11) is 0. The lowest BCUT2D eigenvalue weighted by Gasteiger charge is -2.38. The molecule has 1 aliphatic rings. The summed E-state index contributed by atoms with van der Waals surface area (Å²) >= 11 is 0. The molecule has 3 rings (SSSR count). The number of hydrogen-bond acceptors (Lipinski definition) is 5. The highest BCUT2D eigenvalue weighted by atomic mass is 16.4. The topological polar surface area (TPSA) is 80.5 Å². The molecule has 1 atom stereocenters. The minimum absolute atomic E-state index is 0.588. The summed E-state index contributed by atoms with van der Waals surface area (Å²) in [4.78, 5) is 20.5. The minimum atomic E-state index is -0.840. The zero-order valence-electron chi connectivity index (χ0n) is 16.4. The number of carboxylic acid groups (broad SMARTS) is 1. The van der Waals surface area contributed by atoms with Crippen molar-refractivity contribution >= 4 is 5.97 Å². The fourth-order valence-corrected chi connectivity index (χ4v) is 3.59. The van der Waals surface area contributed by atoms with Gasteiger partial charge < -0.3 is 5.11 Å². The molecule has 1 aliphatic heterocycles. The van der Waals surface area contributed by atoms with E-state index in [0.29, 0.717) is 13.1 Å². The number of nitrogens with zero attached hydrogens (tertiary/aromatic N) is 4.